The highest BCUT2D eigenvalue weighted by Gasteiger charge is 2.18. The summed E-state index contributed by atoms with van der Waals surface area (Å²) in [6.45, 7) is 1.90. The van der Waals surface area contributed by atoms with Crippen LogP contribution in [-0.4, -0.2) is 20.6 Å². The Bertz CT molecular complexity index is 626. The van der Waals surface area contributed by atoms with E-state index in [4.69, 9.17) is 4.74 Å². The molecule has 7 nitrogen and oxygen atoms in total. The molecule has 1 aromatic carbocycles. The van der Waals surface area contributed by atoms with Crippen LogP contribution in [-0.2, 0) is 6.42 Å². The predicted octanol–water partition coefficient (Wildman–Crippen LogP) is 2.61. The number of carbonyl (C=O) groups is 1. The number of benzene rings is 1. The summed E-state index contributed by atoms with van der Waals surface area (Å²) >= 11 is 1.02. The Morgan fingerprint density at radius 3 is 2.89 bits per heavy atom. The molecule has 19 heavy (non-hydrogen) atoms. The fourth-order valence-corrected chi connectivity index (χ4v) is 1.98. The van der Waals surface area contributed by atoms with E-state index in [2.05, 4.69) is 9.36 Å². The normalized spacial score (nSPS) is 10.2. The molecule has 0 spiro atoms. The van der Waals surface area contributed by atoms with E-state index in [1.165, 1.54) is 12.1 Å². The third-order valence-corrected chi connectivity index (χ3v) is 2.91. The van der Waals surface area contributed by atoms with Gasteiger partial charge in [0.2, 0.25) is 5.75 Å². The molecule has 0 amide bonds. The third kappa shape index (κ3) is 2.91. The molecule has 2 aromatic rings. The van der Waals surface area contributed by atoms with Crippen LogP contribution in [0.1, 0.15) is 23.1 Å². The molecule has 0 atom stereocenters. The number of nitro groups is 1. The minimum atomic E-state index is -0.607. The second-order valence-electron chi connectivity index (χ2n) is 3.53. The maximum atomic E-state index is 10.9. The summed E-state index contributed by atoms with van der Waals surface area (Å²) in [4.78, 5) is 25.0. The van der Waals surface area contributed by atoms with Crippen molar-refractivity contribution >= 4 is 23.5 Å². The average molecular weight is 279 g/mol. The smallest absolute Gasteiger partial charge is 0.312 e. The van der Waals surface area contributed by atoms with Gasteiger partial charge in [-0.15, -0.1) is 0 Å². The summed E-state index contributed by atoms with van der Waals surface area (Å²) in [6, 6.07) is 3.97. The van der Waals surface area contributed by atoms with Crippen molar-refractivity contribution in [3.63, 3.8) is 0 Å². The molecule has 0 radical (unpaired) electrons. The van der Waals surface area contributed by atoms with Crippen LogP contribution in [0.15, 0.2) is 18.2 Å². The number of aryl methyl sites for hydroxylation is 1. The number of carbonyl (C=O) groups excluding carboxylic acids is 1. The number of aromatic nitrogens is 2. The van der Waals surface area contributed by atoms with E-state index in [1.807, 2.05) is 6.92 Å². The Labute approximate surface area is 112 Å². The van der Waals surface area contributed by atoms with E-state index in [1.54, 1.807) is 0 Å². The van der Waals surface area contributed by atoms with Crippen LogP contribution in [0, 0.1) is 10.1 Å². The summed E-state index contributed by atoms with van der Waals surface area (Å²) in [5, 5.41) is 11.2. The quantitative estimate of drug-likeness (QED) is 0.474. The number of hydrogen-bond acceptors (Lipinski definition) is 7. The fraction of sp³-hybridized carbons (Fsp3) is 0.182. The van der Waals surface area contributed by atoms with E-state index in [9.17, 15) is 14.9 Å². The highest BCUT2D eigenvalue weighted by Crippen LogP contribution is 2.32. The van der Waals surface area contributed by atoms with Gasteiger partial charge in [0, 0.05) is 29.6 Å². The SMILES string of the molecule is CCc1nsc(Oc2ccc(C=O)cc2[N+](=O)[O-])n1. The topological polar surface area (TPSA) is 95.2 Å². The van der Waals surface area contributed by atoms with Gasteiger partial charge in [0.1, 0.15) is 12.1 Å². The van der Waals surface area contributed by atoms with Gasteiger partial charge in [0.15, 0.2) is 0 Å². The van der Waals surface area contributed by atoms with Crippen LogP contribution < -0.4 is 4.74 Å². The number of aldehydes is 1. The Balaban J connectivity index is 2.33. The molecular formula is C11H9N3O4S. The average Bonchev–Trinajstić information content (AvgIpc) is 2.86. The third-order valence-electron chi connectivity index (χ3n) is 2.28. The van der Waals surface area contributed by atoms with Gasteiger partial charge < -0.3 is 4.74 Å². The highest BCUT2D eigenvalue weighted by atomic mass is 32.1. The van der Waals surface area contributed by atoms with Gasteiger partial charge in [0.05, 0.1) is 4.92 Å². The molecule has 98 valence electrons. The van der Waals surface area contributed by atoms with Crippen LogP contribution >= 0.6 is 11.5 Å². The first-order chi connectivity index (χ1) is 9.13. The summed E-state index contributed by atoms with van der Waals surface area (Å²) in [5.74, 6) is 0.654. The van der Waals surface area contributed by atoms with E-state index in [-0.39, 0.29) is 22.2 Å². The first-order valence-corrected chi connectivity index (χ1v) is 6.15. The van der Waals surface area contributed by atoms with Gasteiger partial charge in [-0.2, -0.15) is 9.36 Å². The molecule has 1 heterocycles. The molecule has 0 unspecified atom stereocenters. The van der Waals surface area contributed by atoms with Crippen molar-refractivity contribution in [2.45, 2.75) is 13.3 Å². The standard InChI is InChI=1S/C11H9N3O4S/c1-2-10-12-11(19-13-10)18-9-4-3-7(6-15)5-8(9)14(16)17/h3-6H,2H2,1H3. The van der Waals surface area contributed by atoms with Crippen LogP contribution in [0.25, 0.3) is 0 Å². The zero-order valence-corrected chi connectivity index (χ0v) is 10.7. The molecule has 0 aliphatic rings. The van der Waals surface area contributed by atoms with Crippen molar-refractivity contribution in [2.24, 2.45) is 0 Å². The van der Waals surface area contributed by atoms with E-state index >= 15 is 0 Å². The van der Waals surface area contributed by atoms with Crippen molar-refractivity contribution in [3.8, 4) is 10.9 Å². The molecule has 0 aliphatic heterocycles. The maximum absolute atomic E-state index is 10.9. The first-order valence-electron chi connectivity index (χ1n) is 5.38. The van der Waals surface area contributed by atoms with Gasteiger partial charge in [-0.25, -0.2) is 0 Å². The number of hydrogen-bond donors (Lipinski definition) is 0. The van der Waals surface area contributed by atoms with Gasteiger partial charge in [0.25, 0.3) is 5.19 Å². The van der Waals surface area contributed by atoms with Gasteiger partial charge >= 0.3 is 5.69 Å². The van der Waals surface area contributed by atoms with Gasteiger partial charge in [-0.3, -0.25) is 14.9 Å². The Kier molecular flexibility index (Phi) is 3.81. The monoisotopic (exact) mass is 279 g/mol. The molecule has 0 aliphatic carbocycles. The van der Waals surface area contributed by atoms with E-state index in [0.29, 0.717) is 18.5 Å². The number of rotatable bonds is 5. The summed E-state index contributed by atoms with van der Waals surface area (Å²) in [5.41, 5.74) is -0.0663. The molecule has 8 heteroatoms. The molecule has 0 saturated heterocycles. The lowest BCUT2D eigenvalue weighted by Crippen LogP contribution is -1.95. The van der Waals surface area contributed by atoms with Crippen LogP contribution in [0.4, 0.5) is 5.69 Å². The second-order valence-corrected chi connectivity index (χ2v) is 4.25. The molecule has 0 saturated carbocycles. The Hall–Kier alpha value is -2.35. The molecule has 2 rings (SSSR count). The minimum Gasteiger partial charge on any atom is -0.422 e. The molecular weight excluding hydrogens is 270 g/mol. The zero-order valence-electron chi connectivity index (χ0n) is 9.90. The van der Waals surface area contributed by atoms with Crippen LogP contribution in [0.2, 0.25) is 0 Å². The van der Waals surface area contributed by atoms with Crippen molar-refractivity contribution in [1.29, 1.82) is 0 Å². The molecule has 0 bridgehead atoms. The summed E-state index contributed by atoms with van der Waals surface area (Å²) in [6.07, 6.45) is 1.20. The number of ether oxygens (including phenoxy) is 1. The van der Waals surface area contributed by atoms with Crippen LogP contribution in [0.5, 0.6) is 10.9 Å². The van der Waals surface area contributed by atoms with Crippen molar-refractivity contribution < 1.29 is 14.5 Å². The molecule has 0 N–H and O–H groups in total. The summed E-state index contributed by atoms with van der Waals surface area (Å²) in [7, 11) is 0. The lowest BCUT2D eigenvalue weighted by molar-refractivity contribution is -0.385. The number of nitro benzene ring substituents is 1. The lowest BCUT2D eigenvalue weighted by atomic mass is 10.2. The Morgan fingerprint density at radius 2 is 2.32 bits per heavy atom. The molecule has 1 aromatic heterocycles. The first kappa shape index (κ1) is 13.1. The Morgan fingerprint density at radius 1 is 1.53 bits per heavy atom. The highest BCUT2D eigenvalue weighted by molar-refractivity contribution is 7.07. The van der Waals surface area contributed by atoms with E-state index in [0.717, 1.165) is 17.6 Å². The maximum Gasteiger partial charge on any atom is 0.312 e. The van der Waals surface area contributed by atoms with Crippen molar-refractivity contribution in [1.82, 2.24) is 9.36 Å². The van der Waals surface area contributed by atoms with Crippen molar-refractivity contribution in [2.75, 3.05) is 0 Å². The predicted molar refractivity (Wildman–Crippen MR) is 67.8 cm³/mol. The van der Waals surface area contributed by atoms with Crippen LogP contribution in [0.3, 0.4) is 0 Å². The molecule has 0 fully saturated rings. The zero-order chi connectivity index (χ0) is 13.8. The van der Waals surface area contributed by atoms with E-state index < -0.39 is 4.92 Å². The van der Waals surface area contributed by atoms with Crippen molar-refractivity contribution in [3.05, 3.63) is 39.7 Å². The number of nitrogens with zero attached hydrogens (tertiary/aromatic N) is 3. The fourth-order valence-electron chi connectivity index (χ4n) is 1.35. The van der Waals surface area contributed by atoms with Gasteiger partial charge in [-0.05, 0) is 12.1 Å². The minimum absolute atomic E-state index is 0.0365. The second kappa shape index (κ2) is 5.53. The largest absolute Gasteiger partial charge is 0.422 e. The summed E-state index contributed by atoms with van der Waals surface area (Å²) < 4.78 is 9.36. The van der Waals surface area contributed by atoms with Gasteiger partial charge in [-0.1, -0.05) is 6.92 Å². The lowest BCUT2D eigenvalue weighted by Gasteiger charge is -2.02.